The van der Waals surface area contributed by atoms with Gasteiger partial charge >= 0.3 is 12.1 Å². The van der Waals surface area contributed by atoms with E-state index < -0.39 is 23.3 Å². The highest BCUT2D eigenvalue weighted by Crippen LogP contribution is 2.39. The number of ether oxygens (including phenoxy) is 1. The van der Waals surface area contributed by atoms with Crippen LogP contribution in [0.25, 0.3) is 10.9 Å². The number of carbonyl (C=O) groups is 2. The molecule has 8 nitrogen and oxygen atoms in total. The average Bonchev–Trinajstić information content (AvgIpc) is 3.53. The molecule has 0 spiro atoms. The van der Waals surface area contributed by atoms with Crippen molar-refractivity contribution in [3.05, 3.63) is 39.9 Å². The largest absolute Gasteiger partial charge is 0.521 e. The van der Waals surface area contributed by atoms with Crippen LogP contribution in [0.5, 0.6) is 0 Å². The molecule has 2 heterocycles. The maximum absolute atomic E-state index is 15.2. The number of aromatic carboxylic acids is 1. The predicted molar refractivity (Wildman–Crippen MR) is 100 cm³/mol. The van der Waals surface area contributed by atoms with Crippen LogP contribution < -0.4 is 15.2 Å². The minimum atomic E-state index is -1.34. The Hall–Kier alpha value is -2.78. The number of hydrogen-bond donors (Lipinski definition) is 2. The summed E-state index contributed by atoms with van der Waals surface area (Å²) in [6, 6.07) is 2.63. The van der Waals surface area contributed by atoms with Crippen LogP contribution in [0.1, 0.15) is 29.2 Å². The number of piperazine rings is 1. The number of nitrogens with zero attached hydrogens (tertiary/aromatic N) is 2. The Morgan fingerprint density at radius 2 is 1.96 bits per heavy atom. The maximum atomic E-state index is 15.2. The summed E-state index contributed by atoms with van der Waals surface area (Å²) in [7, 11) is 1.27. The highest BCUT2D eigenvalue weighted by molar-refractivity contribution is 5.94. The van der Waals surface area contributed by atoms with Crippen molar-refractivity contribution in [2.45, 2.75) is 18.9 Å². The molecule has 1 amide bonds. The summed E-state index contributed by atoms with van der Waals surface area (Å²) in [5, 5.41) is 12.5. The van der Waals surface area contributed by atoms with Gasteiger partial charge in [0.2, 0.25) is 5.43 Å². The SMILES string of the molecule is COC(=O)[N+]1(c2cc3c(cc2F)c(=O)c(C(=O)O)cn3C2CC2)CCNCC1. The molecule has 148 valence electrons. The molecule has 4 rings (SSSR count). The summed E-state index contributed by atoms with van der Waals surface area (Å²) in [6.07, 6.45) is 2.46. The molecule has 0 bridgehead atoms. The Labute approximate surface area is 159 Å². The number of quaternary nitrogens is 1. The number of carboxylic acids is 1. The van der Waals surface area contributed by atoms with E-state index in [1.54, 1.807) is 4.57 Å². The van der Waals surface area contributed by atoms with E-state index in [9.17, 15) is 19.5 Å². The van der Waals surface area contributed by atoms with Gasteiger partial charge in [0, 0.05) is 36.8 Å². The standard InChI is InChI=1S/C19H20FN3O5/c1-28-19(27)23(6-4-21-5-7-23)16-9-15-12(8-14(16)20)17(24)13(18(25)26)10-22(15)11-2-3-11/h8-11,21H,2-7H2,1H3/p+1. The minimum Gasteiger partial charge on any atom is -0.477 e. The molecule has 2 aromatic rings. The topological polar surface area (TPSA) is 97.6 Å². The lowest BCUT2D eigenvalue weighted by Crippen LogP contribution is -2.63. The number of amides is 1. The molecule has 1 aliphatic carbocycles. The molecule has 0 radical (unpaired) electrons. The maximum Gasteiger partial charge on any atom is 0.521 e. The Bertz CT molecular complexity index is 1040. The van der Waals surface area contributed by atoms with Crippen LogP contribution in [0.3, 0.4) is 0 Å². The highest BCUT2D eigenvalue weighted by atomic mass is 19.1. The van der Waals surface area contributed by atoms with Crippen molar-refractivity contribution in [1.82, 2.24) is 14.4 Å². The molecule has 1 saturated carbocycles. The second kappa shape index (κ2) is 6.68. The molecule has 1 saturated heterocycles. The third-order valence-corrected chi connectivity index (χ3v) is 5.60. The van der Waals surface area contributed by atoms with Crippen LogP contribution in [0.15, 0.2) is 23.1 Å². The van der Waals surface area contributed by atoms with Gasteiger partial charge in [0.1, 0.15) is 18.7 Å². The first kappa shape index (κ1) is 18.6. The Kier molecular flexibility index (Phi) is 4.43. The number of methoxy groups -OCH3 is 1. The number of fused-ring (bicyclic) bond motifs is 1. The van der Waals surface area contributed by atoms with E-state index in [0.29, 0.717) is 31.7 Å². The van der Waals surface area contributed by atoms with Gasteiger partial charge in [-0.15, -0.1) is 0 Å². The van der Waals surface area contributed by atoms with Gasteiger partial charge in [0.15, 0.2) is 11.5 Å². The highest BCUT2D eigenvalue weighted by Gasteiger charge is 2.45. The molecular weight excluding hydrogens is 369 g/mol. The molecule has 1 aromatic carbocycles. The summed E-state index contributed by atoms with van der Waals surface area (Å²) in [5.41, 5.74) is -0.535. The van der Waals surface area contributed by atoms with Gasteiger partial charge in [-0.2, -0.15) is 9.28 Å². The first-order chi connectivity index (χ1) is 13.4. The Balaban J connectivity index is 2.01. The fourth-order valence-corrected chi connectivity index (χ4v) is 3.97. The number of nitrogens with one attached hydrogen (secondary N) is 1. The van der Waals surface area contributed by atoms with E-state index >= 15 is 4.39 Å². The van der Waals surface area contributed by atoms with Crippen LogP contribution in [-0.4, -0.2) is 55.0 Å². The van der Waals surface area contributed by atoms with Gasteiger partial charge in [0.25, 0.3) is 0 Å². The fourth-order valence-electron chi connectivity index (χ4n) is 3.97. The molecule has 2 N–H and O–H groups in total. The van der Waals surface area contributed by atoms with Crippen LogP contribution >= 0.6 is 0 Å². The lowest BCUT2D eigenvalue weighted by atomic mass is 10.1. The number of rotatable bonds is 3. The average molecular weight is 390 g/mol. The van der Waals surface area contributed by atoms with Crippen molar-refractivity contribution in [2.75, 3.05) is 33.3 Å². The monoisotopic (exact) mass is 390 g/mol. The summed E-state index contributed by atoms with van der Waals surface area (Å²) in [6.45, 7) is 1.66. The van der Waals surface area contributed by atoms with Gasteiger partial charge < -0.3 is 19.7 Å². The van der Waals surface area contributed by atoms with E-state index in [-0.39, 0.29) is 27.2 Å². The first-order valence-corrected chi connectivity index (χ1v) is 9.17. The second-order valence-corrected chi connectivity index (χ2v) is 7.27. The molecule has 9 heteroatoms. The summed E-state index contributed by atoms with van der Waals surface area (Å²) < 4.78 is 21.5. The van der Waals surface area contributed by atoms with Gasteiger partial charge in [-0.05, 0) is 18.9 Å². The second-order valence-electron chi connectivity index (χ2n) is 7.27. The van der Waals surface area contributed by atoms with Gasteiger partial charge in [-0.3, -0.25) is 4.79 Å². The number of carbonyl (C=O) groups excluding carboxylic acids is 1. The van der Waals surface area contributed by atoms with Crippen molar-refractivity contribution in [3.63, 3.8) is 0 Å². The van der Waals surface area contributed by atoms with E-state index in [1.165, 1.54) is 19.4 Å². The zero-order chi connectivity index (χ0) is 20.1. The van der Waals surface area contributed by atoms with E-state index in [4.69, 9.17) is 4.74 Å². The van der Waals surface area contributed by atoms with Crippen molar-refractivity contribution in [1.29, 1.82) is 0 Å². The first-order valence-electron chi connectivity index (χ1n) is 9.17. The lowest BCUT2D eigenvalue weighted by Gasteiger charge is -2.37. The van der Waals surface area contributed by atoms with Crippen molar-refractivity contribution in [2.24, 2.45) is 0 Å². The van der Waals surface area contributed by atoms with Gasteiger partial charge in [-0.1, -0.05) is 0 Å². The predicted octanol–water partition coefficient (Wildman–Crippen LogP) is 1.85. The number of benzene rings is 1. The van der Waals surface area contributed by atoms with Crippen LogP contribution in [0.4, 0.5) is 14.9 Å². The number of aromatic nitrogens is 1. The molecule has 2 aliphatic rings. The van der Waals surface area contributed by atoms with Crippen molar-refractivity contribution < 1.29 is 23.8 Å². The van der Waals surface area contributed by atoms with E-state index in [0.717, 1.165) is 18.9 Å². The van der Waals surface area contributed by atoms with Crippen LogP contribution in [-0.2, 0) is 4.74 Å². The minimum absolute atomic E-state index is 0.00574. The number of halogens is 1. The summed E-state index contributed by atoms with van der Waals surface area (Å²) >= 11 is 0. The van der Waals surface area contributed by atoms with E-state index in [1.807, 2.05) is 0 Å². The fraction of sp³-hybridized carbons (Fsp3) is 0.421. The van der Waals surface area contributed by atoms with Crippen molar-refractivity contribution >= 4 is 28.7 Å². The lowest BCUT2D eigenvalue weighted by molar-refractivity contribution is 0.0694. The third-order valence-electron chi connectivity index (χ3n) is 5.60. The van der Waals surface area contributed by atoms with Crippen LogP contribution in [0, 0.1) is 5.82 Å². The summed E-state index contributed by atoms with van der Waals surface area (Å²) in [4.78, 5) is 36.7. The van der Waals surface area contributed by atoms with Crippen molar-refractivity contribution in [3.8, 4) is 0 Å². The number of hydrogen-bond acceptors (Lipinski definition) is 5. The molecular formula is C19H21FN3O5+. The smallest absolute Gasteiger partial charge is 0.477 e. The Morgan fingerprint density at radius 1 is 1.29 bits per heavy atom. The molecule has 1 aliphatic heterocycles. The quantitative estimate of drug-likeness (QED) is 0.777. The number of pyridine rings is 1. The number of carboxylic acid groups (broad SMARTS) is 1. The van der Waals surface area contributed by atoms with Gasteiger partial charge in [-0.25, -0.2) is 9.18 Å². The van der Waals surface area contributed by atoms with Crippen LogP contribution in [0.2, 0.25) is 0 Å². The van der Waals surface area contributed by atoms with Gasteiger partial charge in [0.05, 0.1) is 12.6 Å². The zero-order valence-corrected chi connectivity index (χ0v) is 15.4. The Morgan fingerprint density at radius 3 is 2.54 bits per heavy atom. The molecule has 1 aromatic heterocycles. The normalized spacial score (nSPS) is 18.8. The molecule has 2 fully saturated rings. The third kappa shape index (κ3) is 2.78. The molecule has 0 unspecified atom stereocenters. The zero-order valence-electron chi connectivity index (χ0n) is 15.4. The molecule has 0 atom stereocenters. The molecule has 28 heavy (non-hydrogen) atoms. The van der Waals surface area contributed by atoms with E-state index in [2.05, 4.69) is 5.32 Å². The summed E-state index contributed by atoms with van der Waals surface area (Å²) in [5.74, 6) is -2.06.